The first kappa shape index (κ1) is 14.4. The van der Waals surface area contributed by atoms with Crippen LogP contribution in [0.25, 0.3) is 0 Å². The number of nitrogens with zero attached hydrogens (tertiary/aromatic N) is 1. The first-order valence-corrected chi connectivity index (χ1v) is 6.41. The maximum Gasteiger partial charge on any atom is 0.0593 e. The third-order valence-corrected chi connectivity index (χ3v) is 2.27. The molecule has 0 rings (SSSR count). The van der Waals surface area contributed by atoms with E-state index in [2.05, 4.69) is 20.8 Å². The molecule has 0 aliphatic rings. The van der Waals surface area contributed by atoms with E-state index in [1.165, 1.54) is 0 Å². The summed E-state index contributed by atoms with van der Waals surface area (Å²) >= 11 is 3.44. The average molecular weight is 268 g/mol. The molecule has 4 heteroatoms. The maximum atomic E-state index is 5.32. The second kappa shape index (κ2) is 11.4. The summed E-state index contributed by atoms with van der Waals surface area (Å²) in [4.78, 5) is 2.35. The fourth-order valence-corrected chi connectivity index (χ4v) is 1.63. The molecular weight excluding hydrogens is 246 g/mol. The Morgan fingerprint density at radius 3 is 1.79 bits per heavy atom. The van der Waals surface area contributed by atoms with Crippen molar-refractivity contribution in [2.24, 2.45) is 0 Å². The van der Waals surface area contributed by atoms with E-state index in [4.69, 9.17) is 9.47 Å². The van der Waals surface area contributed by atoms with E-state index in [1.807, 2.05) is 13.8 Å². The van der Waals surface area contributed by atoms with Gasteiger partial charge in [0.1, 0.15) is 0 Å². The molecule has 0 aliphatic carbocycles. The Hall–Kier alpha value is 0.360. The molecule has 0 saturated heterocycles. The minimum Gasteiger partial charge on any atom is -0.380 e. The summed E-state index contributed by atoms with van der Waals surface area (Å²) in [6.45, 7) is 10.3. The molecule has 86 valence electrons. The summed E-state index contributed by atoms with van der Waals surface area (Å²) in [5.41, 5.74) is 0. The summed E-state index contributed by atoms with van der Waals surface area (Å²) < 4.78 is 10.6. The zero-order valence-electron chi connectivity index (χ0n) is 9.30. The summed E-state index contributed by atoms with van der Waals surface area (Å²) in [7, 11) is 0. The lowest BCUT2D eigenvalue weighted by Crippen LogP contribution is -2.32. The quantitative estimate of drug-likeness (QED) is 0.445. The number of hydrogen-bond donors (Lipinski definition) is 0. The predicted octanol–water partition coefficient (Wildman–Crippen LogP) is 1.76. The topological polar surface area (TPSA) is 21.7 Å². The fraction of sp³-hybridized carbons (Fsp3) is 1.00. The summed E-state index contributed by atoms with van der Waals surface area (Å²) in [5.74, 6) is 0. The van der Waals surface area contributed by atoms with E-state index in [0.29, 0.717) is 0 Å². The highest BCUT2D eigenvalue weighted by molar-refractivity contribution is 9.09. The minimum absolute atomic E-state index is 0.799. The number of alkyl halides is 1. The molecule has 0 spiro atoms. The first-order chi connectivity index (χ1) is 6.85. The molecule has 0 heterocycles. The van der Waals surface area contributed by atoms with Gasteiger partial charge in [0.05, 0.1) is 13.2 Å². The molecule has 0 N–H and O–H groups in total. The van der Waals surface area contributed by atoms with Crippen molar-refractivity contribution in [3.05, 3.63) is 0 Å². The Morgan fingerprint density at radius 2 is 1.43 bits per heavy atom. The monoisotopic (exact) mass is 267 g/mol. The number of rotatable bonds is 10. The van der Waals surface area contributed by atoms with Crippen molar-refractivity contribution in [3.8, 4) is 0 Å². The normalized spacial score (nSPS) is 11.1. The Labute approximate surface area is 95.9 Å². The molecule has 0 fully saturated rings. The highest BCUT2D eigenvalue weighted by Crippen LogP contribution is 1.92. The van der Waals surface area contributed by atoms with Crippen LogP contribution in [0.1, 0.15) is 13.8 Å². The van der Waals surface area contributed by atoms with Crippen LogP contribution in [0.4, 0.5) is 0 Å². The predicted molar refractivity (Wildman–Crippen MR) is 63.2 cm³/mol. The molecule has 0 saturated carbocycles. The van der Waals surface area contributed by atoms with Crippen molar-refractivity contribution < 1.29 is 9.47 Å². The third kappa shape index (κ3) is 8.94. The lowest BCUT2D eigenvalue weighted by atomic mass is 10.5. The van der Waals surface area contributed by atoms with Crippen molar-refractivity contribution in [2.75, 3.05) is 51.4 Å². The molecule has 0 aromatic carbocycles. The third-order valence-electron chi connectivity index (χ3n) is 1.91. The first-order valence-electron chi connectivity index (χ1n) is 5.28. The van der Waals surface area contributed by atoms with Crippen molar-refractivity contribution in [1.29, 1.82) is 0 Å². The number of ether oxygens (including phenoxy) is 2. The van der Waals surface area contributed by atoms with Gasteiger partial charge in [-0.05, 0) is 13.8 Å². The molecule has 0 bridgehead atoms. The van der Waals surface area contributed by atoms with Gasteiger partial charge in [0.25, 0.3) is 0 Å². The zero-order valence-corrected chi connectivity index (χ0v) is 10.9. The van der Waals surface area contributed by atoms with E-state index in [9.17, 15) is 0 Å². The van der Waals surface area contributed by atoms with Crippen LogP contribution in [0.5, 0.6) is 0 Å². The minimum atomic E-state index is 0.799. The van der Waals surface area contributed by atoms with Gasteiger partial charge in [-0.2, -0.15) is 0 Å². The van der Waals surface area contributed by atoms with Crippen LogP contribution in [-0.4, -0.2) is 56.3 Å². The molecule has 0 atom stereocenters. The van der Waals surface area contributed by atoms with Gasteiger partial charge >= 0.3 is 0 Å². The van der Waals surface area contributed by atoms with Crippen molar-refractivity contribution in [1.82, 2.24) is 4.90 Å². The van der Waals surface area contributed by atoms with Crippen LogP contribution < -0.4 is 0 Å². The molecule has 3 nitrogen and oxygen atoms in total. The summed E-state index contributed by atoms with van der Waals surface area (Å²) in [6, 6.07) is 0. The van der Waals surface area contributed by atoms with Crippen molar-refractivity contribution >= 4 is 15.9 Å². The second-order valence-corrected chi connectivity index (χ2v) is 3.72. The smallest absolute Gasteiger partial charge is 0.0593 e. The lowest BCUT2D eigenvalue weighted by molar-refractivity contribution is 0.0857. The SMILES string of the molecule is CCOCCN(CCBr)CCOCC. The molecule has 0 aliphatic heterocycles. The maximum absolute atomic E-state index is 5.32. The molecule has 0 amide bonds. The lowest BCUT2D eigenvalue weighted by Gasteiger charge is -2.20. The van der Waals surface area contributed by atoms with E-state index in [1.54, 1.807) is 0 Å². The molecule has 0 aromatic rings. The molecule has 0 radical (unpaired) electrons. The summed E-state index contributed by atoms with van der Waals surface area (Å²) in [6.07, 6.45) is 0. The standard InChI is InChI=1S/C10H22BrNO2/c1-3-13-9-7-12(6-5-11)8-10-14-4-2/h3-10H2,1-2H3. The van der Waals surface area contributed by atoms with E-state index < -0.39 is 0 Å². The van der Waals surface area contributed by atoms with Gasteiger partial charge in [0.2, 0.25) is 0 Å². The highest BCUT2D eigenvalue weighted by atomic mass is 79.9. The van der Waals surface area contributed by atoms with Crippen LogP contribution in [0.3, 0.4) is 0 Å². The van der Waals surface area contributed by atoms with E-state index >= 15 is 0 Å². The Balaban J connectivity index is 3.44. The van der Waals surface area contributed by atoms with Crippen LogP contribution in [-0.2, 0) is 9.47 Å². The Morgan fingerprint density at radius 1 is 0.929 bits per heavy atom. The van der Waals surface area contributed by atoms with Crippen LogP contribution in [0.15, 0.2) is 0 Å². The van der Waals surface area contributed by atoms with Gasteiger partial charge in [0.15, 0.2) is 0 Å². The number of halogens is 1. The van der Waals surface area contributed by atoms with Gasteiger partial charge in [0, 0.05) is 38.2 Å². The van der Waals surface area contributed by atoms with Gasteiger partial charge in [-0.15, -0.1) is 0 Å². The molecule has 0 aromatic heterocycles. The van der Waals surface area contributed by atoms with Gasteiger partial charge < -0.3 is 9.47 Å². The van der Waals surface area contributed by atoms with E-state index in [0.717, 1.165) is 51.4 Å². The Kier molecular flexibility index (Phi) is 11.7. The van der Waals surface area contributed by atoms with E-state index in [-0.39, 0.29) is 0 Å². The molecular formula is C10H22BrNO2. The van der Waals surface area contributed by atoms with Crippen LogP contribution >= 0.6 is 15.9 Å². The zero-order chi connectivity index (χ0) is 10.6. The van der Waals surface area contributed by atoms with Crippen LogP contribution in [0, 0.1) is 0 Å². The van der Waals surface area contributed by atoms with Crippen LogP contribution in [0.2, 0.25) is 0 Å². The van der Waals surface area contributed by atoms with Crippen molar-refractivity contribution in [3.63, 3.8) is 0 Å². The average Bonchev–Trinajstić information content (AvgIpc) is 2.18. The second-order valence-electron chi connectivity index (χ2n) is 2.92. The van der Waals surface area contributed by atoms with Gasteiger partial charge in [-0.1, -0.05) is 15.9 Å². The van der Waals surface area contributed by atoms with Crippen molar-refractivity contribution in [2.45, 2.75) is 13.8 Å². The van der Waals surface area contributed by atoms with Gasteiger partial charge in [-0.3, -0.25) is 4.90 Å². The molecule has 14 heavy (non-hydrogen) atoms. The van der Waals surface area contributed by atoms with Gasteiger partial charge in [-0.25, -0.2) is 0 Å². The largest absolute Gasteiger partial charge is 0.380 e. The molecule has 0 unspecified atom stereocenters. The summed E-state index contributed by atoms with van der Waals surface area (Å²) in [5, 5.41) is 1.01. The highest BCUT2D eigenvalue weighted by Gasteiger charge is 2.02. The Bertz CT molecular complexity index is 104. The fourth-order valence-electron chi connectivity index (χ4n) is 1.13. The number of hydrogen-bond acceptors (Lipinski definition) is 3.